The number of carbonyl (C=O) groups excluding carboxylic acids is 1. The zero-order valence-electron chi connectivity index (χ0n) is 10.2. The molecular formula is C12H16N2O3S. The number of amides is 1. The first-order valence-electron chi connectivity index (χ1n) is 5.74. The van der Waals surface area contributed by atoms with E-state index in [0.29, 0.717) is 19.6 Å². The highest BCUT2D eigenvalue weighted by Gasteiger charge is 2.23. The number of carbonyl (C=O) groups is 1. The lowest BCUT2D eigenvalue weighted by Crippen LogP contribution is -2.38. The molecule has 0 bridgehead atoms. The van der Waals surface area contributed by atoms with Gasteiger partial charge in [0.2, 0.25) is 5.91 Å². The van der Waals surface area contributed by atoms with Gasteiger partial charge in [0.25, 0.3) is 0 Å². The summed E-state index contributed by atoms with van der Waals surface area (Å²) in [6.45, 7) is 1.84. The molecule has 0 saturated heterocycles. The molecule has 2 rings (SSSR count). The fourth-order valence-electron chi connectivity index (χ4n) is 2.02. The Morgan fingerprint density at radius 2 is 2.11 bits per heavy atom. The van der Waals surface area contributed by atoms with Crippen molar-refractivity contribution in [2.45, 2.75) is 6.54 Å². The molecule has 1 heterocycles. The van der Waals surface area contributed by atoms with Gasteiger partial charge < -0.3 is 10.2 Å². The van der Waals surface area contributed by atoms with Crippen LogP contribution in [0.2, 0.25) is 0 Å². The summed E-state index contributed by atoms with van der Waals surface area (Å²) in [5.74, 6) is -0.810. The number of anilines is 1. The molecule has 18 heavy (non-hydrogen) atoms. The summed E-state index contributed by atoms with van der Waals surface area (Å²) in [5.41, 5.74) is 1.81. The molecule has 0 saturated carbocycles. The zero-order chi connectivity index (χ0) is 13.2. The van der Waals surface area contributed by atoms with Crippen LogP contribution in [0.5, 0.6) is 0 Å². The molecule has 1 aliphatic rings. The molecule has 1 aliphatic heterocycles. The first-order valence-corrected chi connectivity index (χ1v) is 7.80. The number of hydrogen-bond acceptors (Lipinski definition) is 4. The average molecular weight is 268 g/mol. The van der Waals surface area contributed by atoms with Crippen LogP contribution < -0.4 is 10.2 Å². The number of nitrogens with one attached hydrogen (secondary N) is 1. The Bertz CT molecular complexity index is 554. The number of rotatable bonds is 2. The second kappa shape index (κ2) is 5.07. The number of para-hydroxylation sites is 1. The fraction of sp³-hybridized carbons (Fsp3) is 0.417. The Hall–Kier alpha value is -1.40. The molecule has 0 aromatic heterocycles. The summed E-state index contributed by atoms with van der Waals surface area (Å²) in [4.78, 5) is 13.6. The molecule has 1 N–H and O–H groups in total. The van der Waals surface area contributed by atoms with Gasteiger partial charge in [0.15, 0.2) is 9.84 Å². The van der Waals surface area contributed by atoms with E-state index in [2.05, 4.69) is 5.32 Å². The van der Waals surface area contributed by atoms with Crippen molar-refractivity contribution in [2.75, 3.05) is 30.0 Å². The normalized spacial score (nSPS) is 15.9. The zero-order valence-corrected chi connectivity index (χ0v) is 11.0. The highest BCUT2D eigenvalue weighted by molar-refractivity contribution is 7.91. The van der Waals surface area contributed by atoms with Crippen LogP contribution in [0.1, 0.15) is 5.56 Å². The predicted octanol–water partition coefficient (Wildman–Crippen LogP) is 0.167. The van der Waals surface area contributed by atoms with Crippen molar-refractivity contribution in [2.24, 2.45) is 0 Å². The van der Waals surface area contributed by atoms with Crippen molar-refractivity contribution in [1.82, 2.24) is 5.32 Å². The van der Waals surface area contributed by atoms with Crippen LogP contribution in [0.3, 0.4) is 0 Å². The van der Waals surface area contributed by atoms with Crippen LogP contribution in [0, 0.1) is 0 Å². The lowest BCUT2D eigenvalue weighted by atomic mass is 10.1. The van der Waals surface area contributed by atoms with E-state index in [1.807, 2.05) is 24.3 Å². The standard InChI is InChI=1S/C12H16N2O3S/c1-18(16,17)9-12(15)14-7-6-13-8-10-4-2-3-5-11(10)14/h2-5,13H,6-9H2,1H3. The van der Waals surface area contributed by atoms with E-state index in [4.69, 9.17) is 0 Å². The van der Waals surface area contributed by atoms with Crippen LogP contribution in [0.15, 0.2) is 24.3 Å². The second-order valence-electron chi connectivity index (χ2n) is 4.42. The molecule has 0 spiro atoms. The van der Waals surface area contributed by atoms with Crippen LogP contribution in [0.25, 0.3) is 0 Å². The summed E-state index contributed by atoms with van der Waals surface area (Å²) >= 11 is 0. The van der Waals surface area contributed by atoms with E-state index >= 15 is 0 Å². The monoisotopic (exact) mass is 268 g/mol. The maximum atomic E-state index is 12.0. The largest absolute Gasteiger partial charge is 0.311 e. The van der Waals surface area contributed by atoms with E-state index in [1.165, 1.54) is 0 Å². The number of benzene rings is 1. The molecule has 98 valence electrons. The number of nitrogens with zero attached hydrogens (tertiary/aromatic N) is 1. The Morgan fingerprint density at radius 1 is 1.39 bits per heavy atom. The minimum Gasteiger partial charge on any atom is -0.311 e. The van der Waals surface area contributed by atoms with Gasteiger partial charge >= 0.3 is 0 Å². The fourth-order valence-corrected chi connectivity index (χ4v) is 2.62. The molecule has 0 aliphatic carbocycles. The molecule has 0 fully saturated rings. The Labute approximate surface area is 107 Å². The van der Waals surface area contributed by atoms with Crippen LogP contribution >= 0.6 is 0 Å². The topological polar surface area (TPSA) is 66.5 Å². The van der Waals surface area contributed by atoms with Gasteiger partial charge in [-0.1, -0.05) is 18.2 Å². The molecular weight excluding hydrogens is 252 g/mol. The predicted molar refractivity (Wildman–Crippen MR) is 70.2 cm³/mol. The molecule has 0 radical (unpaired) electrons. The van der Waals surface area contributed by atoms with Crippen molar-refractivity contribution >= 4 is 21.4 Å². The smallest absolute Gasteiger partial charge is 0.242 e. The van der Waals surface area contributed by atoms with Crippen LogP contribution in [-0.2, 0) is 21.2 Å². The quantitative estimate of drug-likeness (QED) is 0.830. The Morgan fingerprint density at radius 3 is 2.83 bits per heavy atom. The van der Waals surface area contributed by atoms with Gasteiger partial charge in [0, 0.05) is 31.6 Å². The molecule has 1 amide bonds. The molecule has 1 aromatic carbocycles. The summed E-state index contributed by atoms with van der Waals surface area (Å²) in [5, 5.41) is 3.21. The van der Waals surface area contributed by atoms with Gasteiger partial charge in [-0.15, -0.1) is 0 Å². The molecule has 0 atom stereocenters. The summed E-state index contributed by atoms with van der Waals surface area (Å²) in [7, 11) is -3.30. The molecule has 0 unspecified atom stereocenters. The Kier molecular flexibility index (Phi) is 3.68. The Balaban J connectivity index is 2.30. The number of fused-ring (bicyclic) bond motifs is 1. The summed E-state index contributed by atoms with van der Waals surface area (Å²) in [6.07, 6.45) is 1.08. The third kappa shape index (κ3) is 3.08. The average Bonchev–Trinajstić information content (AvgIpc) is 2.48. The number of hydrogen-bond donors (Lipinski definition) is 1. The van der Waals surface area contributed by atoms with Crippen molar-refractivity contribution in [3.8, 4) is 0 Å². The van der Waals surface area contributed by atoms with Crippen molar-refractivity contribution < 1.29 is 13.2 Å². The lowest BCUT2D eigenvalue weighted by molar-refractivity contribution is -0.116. The first kappa shape index (κ1) is 13.0. The van der Waals surface area contributed by atoms with Gasteiger partial charge in [-0.2, -0.15) is 0 Å². The van der Waals surface area contributed by atoms with Gasteiger partial charge in [-0.25, -0.2) is 8.42 Å². The van der Waals surface area contributed by atoms with Gasteiger partial charge in [0.05, 0.1) is 0 Å². The summed E-state index contributed by atoms with van der Waals surface area (Å²) in [6, 6.07) is 7.55. The third-order valence-corrected chi connectivity index (χ3v) is 3.57. The van der Waals surface area contributed by atoms with Crippen LogP contribution in [-0.4, -0.2) is 39.4 Å². The highest BCUT2D eigenvalue weighted by Crippen LogP contribution is 2.22. The van der Waals surface area contributed by atoms with Gasteiger partial charge in [-0.05, 0) is 11.6 Å². The maximum absolute atomic E-state index is 12.0. The van der Waals surface area contributed by atoms with Crippen molar-refractivity contribution in [3.05, 3.63) is 29.8 Å². The SMILES string of the molecule is CS(=O)(=O)CC(=O)N1CCNCc2ccccc21. The van der Waals surface area contributed by atoms with Gasteiger partial charge in [0.1, 0.15) is 5.75 Å². The van der Waals surface area contributed by atoms with Crippen molar-refractivity contribution in [1.29, 1.82) is 0 Å². The van der Waals surface area contributed by atoms with Crippen LogP contribution in [0.4, 0.5) is 5.69 Å². The minimum atomic E-state index is -3.30. The lowest BCUT2D eigenvalue weighted by Gasteiger charge is -2.22. The first-order chi connectivity index (χ1) is 8.47. The molecule has 1 aromatic rings. The maximum Gasteiger partial charge on any atom is 0.242 e. The summed E-state index contributed by atoms with van der Waals surface area (Å²) < 4.78 is 22.4. The van der Waals surface area contributed by atoms with E-state index in [9.17, 15) is 13.2 Å². The van der Waals surface area contributed by atoms with Crippen molar-refractivity contribution in [3.63, 3.8) is 0 Å². The van der Waals surface area contributed by atoms with E-state index < -0.39 is 15.6 Å². The second-order valence-corrected chi connectivity index (χ2v) is 6.56. The van der Waals surface area contributed by atoms with E-state index in [-0.39, 0.29) is 5.91 Å². The number of sulfone groups is 1. The molecule has 5 nitrogen and oxygen atoms in total. The van der Waals surface area contributed by atoms with Gasteiger partial charge in [-0.3, -0.25) is 4.79 Å². The van der Waals surface area contributed by atoms with E-state index in [0.717, 1.165) is 17.5 Å². The van der Waals surface area contributed by atoms with E-state index in [1.54, 1.807) is 4.90 Å². The highest BCUT2D eigenvalue weighted by atomic mass is 32.2. The third-order valence-electron chi connectivity index (χ3n) is 2.80. The minimum absolute atomic E-state index is 0.367. The molecule has 6 heteroatoms.